The maximum absolute atomic E-state index is 11.7. The van der Waals surface area contributed by atoms with Crippen LogP contribution in [0.3, 0.4) is 0 Å². The van der Waals surface area contributed by atoms with Gasteiger partial charge in [-0.05, 0) is 12.8 Å². The van der Waals surface area contributed by atoms with Crippen LogP contribution in [0, 0.1) is 0 Å². The third kappa shape index (κ3) is 2.76. The largest absolute Gasteiger partial charge is 0.345 e. The van der Waals surface area contributed by atoms with Crippen molar-refractivity contribution >= 4 is 15.9 Å². The van der Waals surface area contributed by atoms with E-state index in [-0.39, 0.29) is 6.04 Å². The van der Waals surface area contributed by atoms with Crippen LogP contribution in [0.4, 0.5) is 5.69 Å². The molecule has 2 heterocycles. The Kier molecular flexibility index (Phi) is 3.36. The number of rotatable bonds is 3. The summed E-state index contributed by atoms with van der Waals surface area (Å²) in [6.45, 7) is 1.79. The molecule has 0 spiro atoms. The highest BCUT2D eigenvalue weighted by Gasteiger charge is 2.31. The minimum atomic E-state index is -3.74. The van der Waals surface area contributed by atoms with Crippen LogP contribution in [-0.4, -0.2) is 37.3 Å². The van der Waals surface area contributed by atoms with Gasteiger partial charge in [0, 0.05) is 13.2 Å². The summed E-state index contributed by atoms with van der Waals surface area (Å²) in [7, 11) is -2.00. The summed E-state index contributed by atoms with van der Waals surface area (Å²) in [4.78, 5) is 0. The molecule has 2 rings (SSSR count). The van der Waals surface area contributed by atoms with E-state index in [0.29, 0.717) is 5.69 Å². The number of aromatic nitrogens is 2. The Morgan fingerprint density at radius 1 is 1.65 bits per heavy atom. The topological polar surface area (TPSA) is 97.8 Å². The summed E-state index contributed by atoms with van der Waals surface area (Å²) in [5.74, 6) is 0. The number of hydrogen-bond acceptors (Lipinski definition) is 3. The Bertz CT molecular complexity index is 477. The normalized spacial score (nSPS) is 21.4. The van der Waals surface area contributed by atoms with Gasteiger partial charge in [0.2, 0.25) is 0 Å². The maximum Gasteiger partial charge on any atom is 0.299 e. The van der Waals surface area contributed by atoms with Crippen LogP contribution >= 0.6 is 0 Å². The Morgan fingerprint density at radius 3 is 2.88 bits per heavy atom. The van der Waals surface area contributed by atoms with E-state index in [1.807, 2.05) is 0 Å². The molecule has 96 valence electrons. The smallest absolute Gasteiger partial charge is 0.299 e. The second-order valence-electron chi connectivity index (χ2n) is 4.32. The SMILES string of the molecule is Cn1cc(N([C@H]2CCC[NH2+]C2)S(N)(=O)=O)cn1. The number of nitrogens with two attached hydrogens (primary N) is 2. The Morgan fingerprint density at radius 2 is 2.41 bits per heavy atom. The first-order chi connectivity index (χ1) is 7.98. The monoisotopic (exact) mass is 260 g/mol. The van der Waals surface area contributed by atoms with Crippen molar-refractivity contribution in [2.75, 3.05) is 17.4 Å². The quantitative estimate of drug-likeness (QED) is 0.668. The zero-order valence-electron chi connectivity index (χ0n) is 9.78. The van der Waals surface area contributed by atoms with Gasteiger partial charge in [-0.25, -0.2) is 9.44 Å². The molecular formula is C9H18N5O2S+. The van der Waals surface area contributed by atoms with Gasteiger partial charge in [0.15, 0.2) is 0 Å². The molecule has 1 saturated heterocycles. The number of hydrogen-bond donors (Lipinski definition) is 2. The fourth-order valence-electron chi connectivity index (χ4n) is 2.23. The lowest BCUT2D eigenvalue weighted by atomic mass is 10.1. The second-order valence-corrected chi connectivity index (χ2v) is 5.75. The lowest BCUT2D eigenvalue weighted by Gasteiger charge is -2.31. The molecule has 8 heteroatoms. The van der Waals surface area contributed by atoms with Crippen molar-refractivity contribution in [2.45, 2.75) is 18.9 Å². The number of aryl methyl sites for hydroxylation is 1. The first kappa shape index (κ1) is 12.3. The number of nitrogens with zero attached hydrogens (tertiary/aromatic N) is 3. The molecule has 0 aromatic carbocycles. The van der Waals surface area contributed by atoms with E-state index >= 15 is 0 Å². The Balaban J connectivity index is 2.31. The van der Waals surface area contributed by atoms with Crippen LogP contribution in [0.5, 0.6) is 0 Å². The first-order valence-electron chi connectivity index (χ1n) is 5.61. The van der Waals surface area contributed by atoms with Gasteiger partial charge in [0.25, 0.3) is 10.2 Å². The van der Waals surface area contributed by atoms with Gasteiger partial charge in [0.1, 0.15) is 0 Å². The van der Waals surface area contributed by atoms with E-state index in [2.05, 4.69) is 10.4 Å². The number of piperidine rings is 1. The molecule has 0 bridgehead atoms. The van der Waals surface area contributed by atoms with Crippen LogP contribution in [0.2, 0.25) is 0 Å². The third-order valence-electron chi connectivity index (χ3n) is 2.94. The standard InChI is InChI=1S/C9H17N5O2S/c1-13-7-9(6-12-13)14(17(10,15)16)8-3-2-4-11-5-8/h6-8,11H,2-5H2,1H3,(H2,10,15,16)/p+1/t8-/m0/s1. The average molecular weight is 260 g/mol. The zero-order chi connectivity index (χ0) is 12.5. The second kappa shape index (κ2) is 4.63. The summed E-state index contributed by atoms with van der Waals surface area (Å²) in [5.41, 5.74) is 0.537. The molecule has 0 aliphatic carbocycles. The molecule has 0 unspecified atom stereocenters. The highest BCUT2D eigenvalue weighted by molar-refractivity contribution is 7.90. The third-order valence-corrected chi connectivity index (χ3v) is 3.99. The molecule has 1 aromatic rings. The first-order valence-corrected chi connectivity index (χ1v) is 7.11. The molecule has 1 aromatic heterocycles. The van der Waals surface area contributed by atoms with Crippen LogP contribution in [0.1, 0.15) is 12.8 Å². The van der Waals surface area contributed by atoms with E-state index in [0.717, 1.165) is 25.9 Å². The van der Waals surface area contributed by atoms with Gasteiger partial charge in [-0.3, -0.25) is 4.68 Å². The molecular weight excluding hydrogens is 242 g/mol. The minimum absolute atomic E-state index is 0.0806. The highest BCUT2D eigenvalue weighted by Crippen LogP contribution is 2.20. The van der Waals surface area contributed by atoms with Crippen molar-refractivity contribution in [1.82, 2.24) is 9.78 Å². The lowest BCUT2D eigenvalue weighted by molar-refractivity contribution is -0.663. The van der Waals surface area contributed by atoms with Crippen molar-refractivity contribution in [2.24, 2.45) is 12.2 Å². The predicted octanol–water partition coefficient (Wildman–Crippen LogP) is -1.84. The van der Waals surface area contributed by atoms with Crippen molar-refractivity contribution in [3.8, 4) is 0 Å². The van der Waals surface area contributed by atoms with E-state index in [9.17, 15) is 8.42 Å². The van der Waals surface area contributed by atoms with Crippen molar-refractivity contribution in [3.63, 3.8) is 0 Å². The van der Waals surface area contributed by atoms with E-state index in [1.165, 1.54) is 10.5 Å². The number of anilines is 1. The predicted molar refractivity (Wildman–Crippen MR) is 63.5 cm³/mol. The molecule has 1 fully saturated rings. The van der Waals surface area contributed by atoms with E-state index < -0.39 is 10.2 Å². The maximum atomic E-state index is 11.7. The molecule has 0 radical (unpaired) electrons. The van der Waals surface area contributed by atoms with Crippen LogP contribution in [0.15, 0.2) is 12.4 Å². The fourth-order valence-corrected chi connectivity index (χ4v) is 3.22. The molecule has 0 saturated carbocycles. The molecule has 4 N–H and O–H groups in total. The van der Waals surface area contributed by atoms with E-state index in [4.69, 9.17) is 5.14 Å². The minimum Gasteiger partial charge on any atom is -0.345 e. The Labute approximate surface area is 101 Å². The average Bonchev–Trinajstić information content (AvgIpc) is 2.64. The van der Waals surface area contributed by atoms with Gasteiger partial charge < -0.3 is 5.32 Å². The molecule has 7 nitrogen and oxygen atoms in total. The van der Waals surface area contributed by atoms with Gasteiger partial charge in [-0.15, -0.1) is 0 Å². The van der Waals surface area contributed by atoms with Gasteiger partial charge in [-0.2, -0.15) is 13.5 Å². The lowest BCUT2D eigenvalue weighted by Crippen LogP contribution is -2.89. The summed E-state index contributed by atoms with van der Waals surface area (Å²) < 4.78 is 26.2. The van der Waals surface area contributed by atoms with Crippen LogP contribution in [-0.2, 0) is 17.3 Å². The molecule has 1 aliphatic heterocycles. The zero-order valence-corrected chi connectivity index (χ0v) is 10.6. The summed E-state index contributed by atoms with van der Waals surface area (Å²) in [5, 5.41) is 11.4. The molecule has 17 heavy (non-hydrogen) atoms. The fraction of sp³-hybridized carbons (Fsp3) is 0.667. The van der Waals surface area contributed by atoms with Gasteiger partial charge in [-0.1, -0.05) is 0 Å². The molecule has 0 amide bonds. The van der Waals surface area contributed by atoms with Crippen molar-refractivity contribution in [3.05, 3.63) is 12.4 Å². The van der Waals surface area contributed by atoms with Gasteiger partial charge in [0.05, 0.1) is 31.0 Å². The number of quaternary nitrogens is 1. The molecule has 1 atom stereocenters. The molecule has 1 aliphatic rings. The van der Waals surface area contributed by atoms with E-state index in [1.54, 1.807) is 17.9 Å². The van der Waals surface area contributed by atoms with Crippen LogP contribution < -0.4 is 14.8 Å². The highest BCUT2D eigenvalue weighted by atomic mass is 32.2. The Hall–Kier alpha value is -1.12. The van der Waals surface area contributed by atoms with Gasteiger partial charge >= 0.3 is 0 Å². The summed E-state index contributed by atoms with van der Waals surface area (Å²) in [6, 6.07) is -0.0806. The van der Waals surface area contributed by atoms with Crippen molar-refractivity contribution < 1.29 is 13.7 Å². The van der Waals surface area contributed by atoms with Crippen molar-refractivity contribution in [1.29, 1.82) is 0 Å². The van der Waals surface area contributed by atoms with Crippen LogP contribution in [0.25, 0.3) is 0 Å². The summed E-state index contributed by atoms with van der Waals surface area (Å²) >= 11 is 0. The summed E-state index contributed by atoms with van der Waals surface area (Å²) in [6.07, 6.45) is 5.02.